The van der Waals surface area contributed by atoms with Gasteiger partial charge in [0.1, 0.15) is 0 Å². The Bertz CT molecular complexity index is 936. The van der Waals surface area contributed by atoms with Crippen molar-refractivity contribution in [3.05, 3.63) is 59.7 Å². The zero-order valence-corrected chi connectivity index (χ0v) is 17.7. The van der Waals surface area contributed by atoms with Crippen molar-refractivity contribution >= 4 is 21.6 Å². The number of carbonyl (C=O) groups is 1. The molecule has 2 aromatic carbocycles. The van der Waals surface area contributed by atoms with Gasteiger partial charge in [0.2, 0.25) is 10.0 Å². The second-order valence-corrected chi connectivity index (χ2v) is 9.42. The molecule has 7 heteroatoms. The number of nitrogens with zero attached hydrogens (tertiary/aromatic N) is 1. The normalized spacial score (nSPS) is 15.4. The van der Waals surface area contributed by atoms with Gasteiger partial charge in [-0.25, -0.2) is 8.42 Å². The fourth-order valence-electron chi connectivity index (χ4n) is 3.69. The van der Waals surface area contributed by atoms with Gasteiger partial charge in [0.25, 0.3) is 5.91 Å². The summed E-state index contributed by atoms with van der Waals surface area (Å²) in [4.78, 5) is 12.7. The molecule has 1 aliphatic rings. The van der Waals surface area contributed by atoms with Crippen LogP contribution in [-0.4, -0.2) is 38.8 Å². The molecule has 156 valence electrons. The number of amides is 1. The first-order chi connectivity index (χ1) is 13.9. The Labute approximate surface area is 172 Å². The third-order valence-corrected chi connectivity index (χ3v) is 7.30. The molecule has 0 saturated heterocycles. The molecule has 1 N–H and O–H groups in total. The summed E-state index contributed by atoms with van der Waals surface area (Å²) in [6, 6.07) is 13.6. The molecule has 6 nitrogen and oxygen atoms in total. The predicted octanol–water partition coefficient (Wildman–Crippen LogP) is 4.04. The standard InChI is InChI=1S/C22H28N2O4S/c1-24(20-9-4-3-5-10-20)29(26,27)21-13-11-19(12-14-21)23-22(25)18-8-6-7-17(15-18)16-28-2/h6-8,11-15,20H,3-5,9-10,16H2,1-2H3,(H,23,25). The Kier molecular flexibility index (Phi) is 7.05. The number of benzene rings is 2. The molecular weight excluding hydrogens is 388 g/mol. The van der Waals surface area contributed by atoms with Crippen LogP contribution in [0.5, 0.6) is 0 Å². The van der Waals surface area contributed by atoms with Crippen LogP contribution in [0, 0.1) is 0 Å². The Hall–Kier alpha value is -2.22. The van der Waals surface area contributed by atoms with Crippen LogP contribution < -0.4 is 5.32 Å². The molecule has 0 aromatic heterocycles. The summed E-state index contributed by atoms with van der Waals surface area (Å²) >= 11 is 0. The second-order valence-electron chi connectivity index (χ2n) is 7.42. The molecule has 1 aliphatic carbocycles. The summed E-state index contributed by atoms with van der Waals surface area (Å²) in [5.74, 6) is -0.252. The van der Waals surface area contributed by atoms with Gasteiger partial charge in [-0.3, -0.25) is 4.79 Å². The van der Waals surface area contributed by atoms with E-state index in [1.54, 1.807) is 56.6 Å². The van der Waals surface area contributed by atoms with E-state index < -0.39 is 10.0 Å². The second kappa shape index (κ2) is 9.52. The van der Waals surface area contributed by atoms with Gasteiger partial charge in [-0.1, -0.05) is 31.4 Å². The molecular formula is C22H28N2O4S. The first-order valence-electron chi connectivity index (χ1n) is 9.89. The quantitative estimate of drug-likeness (QED) is 0.739. The van der Waals surface area contributed by atoms with Gasteiger partial charge in [0.05, 0.1) is 11.5 Å². The zero-order chi connectivity index (χ0) is 20.9. The van der Waals surface area contributed by atoms with E-state index in [1.165, 1.54) is 10.7 Å². The van der Waals surface area contributed by atoms with Gasteiger partial charge in [-0.15, -0.1) is 0 Å². The summed E-state index contributed by atoms with van der Waals surface area (Å²) in [5, 5.41) is 2.81. The van der Waals surface area contributed by atoms with Crippen molar-refractivity contribution in [1.29, 1.82) is 0 Å². The number of ether oxygens (including phenoxy) is 1. The van der Waals surface area contributed by atoms with Crippen molar-refractivity contribution < 1.29 is 17.9 Å². The number of hydrogen-bond acceptors (Lipinski definition) is 4. The summed E-state index contributed by atoms with van der Waals surface area (Å²) in [6.45, 7) is 0.433. The van der Waals surface area contributed by atoms with Crippen molar-refractivity contribution in [2.45, 2.75) is 49.6 Å². The van der Waals surface area contributed by atoms with Gasteiger partial charge >= 0.3 is 0 Å². The molecule has 0 unspecified atom stereocenters. The van der Waals surface area contributed by atoms with Crippen molar-refractivity contribution in [3.8, 4) is 0 Å². The number of hydrogen-bond donors (Lipinski definition) is 1. The van der Waals surface area contributed by atoms with E-state index in [-0.39, 0.29) is 16.8 Å². The first kappa shape index (κ1) is 21.5. The molecule has 1 fully saturated rings. The number of anilines is 1. The highest BCUT2D eigenvalue weighted by Gasteiger charge is 2.28. The van der Waals surface area contributed by atoms with Crippen molar-refractivity contribution in [1.82, 2.24) is 4.31 Å². The van der Waals surface area contributed by atoms with Crippen LogP contribution in [0.2, 0.25) is 0 Å². The van der Waals surface area contributed by atoms with Crippen LogP contribution in [0.4, 0.5) is 5.69 Å². The number of carbonyl (C=O) groups excluding carboxylic acids is 1. The van der Waals surface area contributed by atoms with Gasteiger partial charge in [-0.2, -0.15) is 4.31 Å². The lowest BCUT2D eigenvalue weighted by Crippen LogP contribution is -2.38. The maximum Gasteiger partial charge on any atom is 0.255 e. The summed E-state index contributed by atoms with van der Waals surface area (Å²) in [5.41, 5.74) is 1.98. The topological polar surface area (TPSA) is 75.7 Å². The summed E-state index contributed by atoms with van der Waals surface area (Å²) in [7, 11) is -0.275. The first-order valence-corrected chi connectivity index (χ1v) is 11.3. The zero-order valence-electron chi connectivity index (χ0n) is 16.9. The molecule has 1 amide bonds. The van der Waals surface area contributed by atoms with E-state index in [2.05, 4.69) is 5.32 Å². The van der Waals surface area contributed by atoms with E-state index >= 15 is 0 Å². The average Bonchev–Trinajstić information content (AvgIpc) is 2.74. The van der Waals surface area contributed by atoms with Crippen molar-refractivity contribution in [3.63, 3.8) is 0 Å². The lowest BCUT2D eigenvalue weighted by atomic mass is 9.96. The van der Waals surface area contributed by atoms with Crippen molar-refractivity contribution in [2.24, 2.45) is 0 Å². The number of sulfonamides is 1. The fraction of sp³-hybridized carbons (Fsp3) is 0.409. The van der Waals surface area contributed by atoms with Crippen LogP contribution >= 0.6 is 0 Å². The predicted molar refractivity (Wildman–Crippen MR) is 113 cm³/mol. The van der Waals surface area contributed by atoms with E-state index in [4.69, 9.17) is 4.74 Å². The highest BCUT2D eigenvalue weighted by atomic mass is 32.2. The smallest absolute Gasteiger partial charge is 0.255 e. The van der Waals surface area contributed by atoms with Gasteiger partial charge in [0, 0.05) is 31.5 Å². The number of rotatable bonds is 7. The molecule has 0 bridgehead atoms. The molecule has 2 aromatic rings. The lowest BCUT2D eigenvalue weighted by molar-refractivity contribution is 0.102. The SMILES string of the molecule is COCc1cccc(C(=O)Nc2ccc(S(=O)(=O)N(C)C3CCCCC3)cc2)c1. The fourth-order valence-corrected chi connectivity index (χ4v) is 5.11. The van der Waals surface area contributed by atoms with E-state index in [0.29, 0.717) is 17.9 Å². The van der Waals surface area contributed by atoms with Crippen molar-refractivity contribution in [2.75, 3.05) is 19.5 Å². The maximum atomic E-state index is 12.9. The van der Waals surface area contributed by atoms with E-state index in [0.717, 1.165) is 31.2 Å². The summed E-state index contributed by atoms with van der Waals surface area (Å²) in [6.07, 6.45) is 5.13. The van der Waals surface area contributed by atoms with Gasteiger partial charge in [0.15, 0.2) is 0 Å². The minimum absolute atomic E-state index is 0.0625. The van der Waals surface area contributed by atoms with Gasteiger partial charge in [-0.05, 0) is 54.8 Å². The molecule has 0 radical (unpaired) electrons. The summed E-state index contributed by atoms with van der Waals surface area (Å²) < 4.78 is 32.4. The van der Waals surface area contributed by atoms with E-state index in [1.807, 2.05) is 6.07 Å². The van der Waals surface area contributed by atoms with E-state index in [9.17, 15) is 13.2 Å². The maximum absolute atomic E-state index is 12.9. The molecule has 3 rings (SSSR count). The minimum atomic E-state index is -3.54. The third kappa shape index (κ3) is 5.23. The molecule has 1 saturated carbocycles. The Morgan fingerprint density at radius 3 is 2.45 bits per heavy atom. The van der Waals surface area contributed by atoms with Crippen LogP contribution in [-0.2, 0) is 21.4 Å². The Morgan fingerprint density at radius 2 is 1.79 bits per heavy atom. The largest absolute Gasteiger partial charge is 0.380 e. The Morgan fingerprint density at radius 1 is 1.10 bits per heavy atom. The Balaban J connectivity index is 1.69. The number of nitrogens with one attached hydrogen (secondary N) is 1. The van der Waals surface area contributed by atoms with Crippen LogP contribution in [0.3, 0.4) is 0 Å². The third-order valence-electron chi connectivity index (χ3n) is 5.38. The molecule has 0 atom stereocenters. The highest BCUT2D eigenvalue weighted by molar-refractivity contribution is 7.89. The molecule has 29 heavy (non-hydrogen) atoms. The van der Waals surface area contributed by atoms with Crippen LogP contribution in [0.25, 0.3) is 0 Å². The monoisotopic (exact) mass is 416 g/mol. The average molecular weight is 417 g/mol. The van der Waals surface area contributed by atoms with Crippen LogP contribution in [0.1, 0.15) is 48.0 Å². The molecule has 0 spiro atoms. The minimum Gasteiger partial charge on any atom is -0.380 e. The molecule has 0 aliphatic heterocycles. The van der Waals surface area contributed by atoms with Gasteiger partial charge < -0.3 is 10.1 Å². The number of methoxy groups -OCH3 is 1. The highest BCUT2D eigenvalue weighted by Crippen LogP contribution is 2.27. The lowest BCUT2D eigenvalue weighted by Gasteiger charge is -2.30. The molecule has 0 heterocycles. The van der Waals surface area contributed by atoms with Crippen LogP contribution in [0.15, 0.2) is 53.4 Å².